The Kier molecular flexibility index (Phi) is 8.56. The minimum atomic E-state index is -4.00. The van der Waals surface area contributed by atoms with Crippen molar-refractivity contribution in [3.05, 3.63) is 66.9 Å². The molecule has 3 heterocycles. The van der Waals surface area contributed by atoms with Crippen LogP contribution in [0.15, 0.2) is 66.2 Å². The summed E-state index contributed by atoms with van der Waals surface area (Å²) in [5.41, 5.74) is 0.722. The van der Waals surface area contributed by atoms with Gasteiger partial charge < -0.3 is 25.0 Å². The summed E-state index contributed by atoms with van der Waals surface area (Å²) in [6, 6.07) is 8.31. The van der Waals surface area contributed by atoms with Crippen LogP contribution in [0.5, 0.6) is 5.75 Å². The zero-order valence-electron chi connectivity index (χ0n) is 21.5. The second-order valence-electron chi connectivity index (χ2n) is 8.96. The molecule has 13 nitrogen and oxygen atoms in total. The van der Waals surface area contributed by atoms with Crippen molar-refractivity contribution in [2.45, 2.75) is 17.4 Å². The standard InChI is InChI=1S/C25H29N7O6S/c1-30-10-12-32(13-11-30)25(35)38-19-7-5-18(6-8-19)14-21(24(33)34)29-23-22(16-27-17-28-23)31(2)39(36,37)20-4-3-9-26-15-20/h3-9,15-17,21H,10-14H2,1-2H3,(H,33,34)(H,27,28,29)/t21-/m0/s1. The molecule has 0 bridgehead atoms. The first-order chi connectivity index (χ1) is 18.6. The van der Waals surface area contributed by atoms with Crippen molar-refractivity contribution >= 4 is 33.6 Å². The van der Waals surface area contributed by atoms with Crippen LogP contribution < -0.4 is 14.4 Å². The molecule has 0 radical (unpaired) electrons. The van der Waals surface area contributed by atoms with E-state index < -0.39 is 28.1 Å². The second-order valence-corrected chi connectivity index (χ2v) is 10.9. The summed E-state index contributed by atoms with van der Waals surface area (Å²) in [5, 5.41) is 12.7. The van der Waals surface area contributed by atoms with Crippen molar-refractivity contribution in [2.24, 2.45) is 0 Å². The van der Waals surface area contributed by atoms with Gasteiger partial charge in [-0.15, -0.1) is 0 Å². The number of pyridine rings is 1. The summed E-state index contributed by atoms with van der Waals surface area (Å²) in [4.78, 5) is 40.1. The van der Waals surface area contributed by atoms with Gasteiger partial charge in [-0.05, 0) is 36.9 Å². The van der Waals surface area contributed by atoms with Gasteiger partial charge in [-0.25, -0.2) is 28.0 Å². The van der Waals surface area contributed by atoms with Gasteiger partial charge in [0.1, 0.15) is 28.7 Å². The first-order valence-corrected chi connectivity index (χ1v) is 13.5. The number of amides is 1. The molecule has 1 fully saturated rings. The predicted octanol–water partition coefficient (Wildman–Crippen LogP) is 1.55. The molecule has 0 unspecified atom stereocenters. The van der Waals surface area contributed by atoms with Crippen molar-refractivity contribution in [1.82, 2.24) is 24.8 Å². The third-order valence-electron chi connectivity index (χ3n) is 6.26. The zero-order chi connectivity index (χ0) is 28.0. The highest BCUT2D eigenvalue weighted by atomic mass is 32.2. The minimum absolute atomic E-state index is 0.0325. The summed E-state index contributed by atoms with van der Waals surface area (Å²) >= 11 is 0. The lowest BCUT2D eigenvalue weighted by molar-refractivity contribution is -0.137. The first-order valence-electron chi connectivity index (χ1n) is 12.1. The quantitative estimate of drug-likeness (QED) is 0.395. The Bertz CT molecular complexity index is 1400. The molecule has 1 aliphatic heterocycles. The number of benzene rings is 1. The molecule has 0 saturated carbocycles. The van der Waals surface area contributed by atoms with Gasteiger partial charge in [0.25, 0.3) is 10.0 Å². The second kappa shape index (κ2) is 12.0. The number of ether oxygens (including phenoxy) is 1. The van der Waals surface area contributed by atoms with E-state index in [0.717, 1.165) is 17.4 Å². The molecule has 2 aromatic heterocycles. The Morgan fingerprint density at radius 3 is 2.46 bits per heavy atom. The van der Waals surface area contributed by atoms with Crippen LogP contribution in [0.4, 0.5) is 16.3 Å². The maximum Gasteiger partial charge on any atom is 0.415 e. The summed E-state index contributed by atoms with van der Waals surface area (Å²) in [5.74, 6) is -0.782. The number of anilines is 2. The number of aliphatic carboxylic acids is 1. The Labute approximate surface area is 226 Å². The van der Waals surface area contributed by atoms with Gasteiger partial charge in [-0.2, -0.15) is 0 Å². The molecule has 4 rings (SSSR count). The predicted molar refractivity (Wildman–Crippen MR) is 142 cm³/mol. The summed E-state index contributed by atoms with van der Waals surface area (Å²) in [7, 11) is -0.681. The van der Waals surface area contributed by atoms with Crippen LogP contribution in [-0.4, -0.2) is 96.7 Å². The maximum atomic E-state index is 13.1. The number of carboxylic acids is 1. The molecule has 1 saturated heterocycles. The van der Waals surface area contributed by atoms with E-state index in [2.05, 4.69) is 25.2 Å². The molecule has 2 N–H and O–H groups in total. The molecule has 1 amide bonds. The van der Waals surface area contributed by atoms with Crippen molar-refractivity contribution in [3.8, 4) is 5.75 Å². The molecule has 1 atom stereocenters. The molecule has 0 aliphatic carbocycles. The molecular weight excluding hydrogens is 526 g/mol. The molecule has 1 aliphatic rings. The minimum Gasteiger partial charge on any atom is -0.480 e. The fourth-order valence-electron chi connectivity index (χ4n) is 3.90. The number of carbonyl (C=O) groups excluding carboxylic acids is 1. The van der Waals surface area contributed by atoms with Gasteiger partial charge in [0.15, 0.2) is 5.82 Å². The fourth-order valence-corrected chi connectivity index (χ4v) is 5.05. The highest BCUT2D eigenvalue weighted by Crippen LogP contribution is 2.27. The number of rotatable bonds is 9. The number of hydrogen-bond donors (Lipinski definition) is 2. The number of piperazine rings is 1. The Balaban J connectivity index is 1.45. The van der Waals surface area contributed by atoms with Crippen molar-refractivity contribution in [2.75, 3.05) is 49.9 Å². The van der Waals surface area contributed by atoms with E-state index >= 15 is 0 Å². The third-order valence-corrected chi connectivity index (χ3v) is 8.02. The van der Waals surface area contributed by atoms with Crippen LogP contribution in [0.1, 0.15) is 5.56 Å². The maximum absolute atomic E-state index is 13.1. The van der Waals surface area contributed by atoms with Gasteiger partial charge in [0.2, 0.25) is 0 Å². The van der Waals surface area contributed by atoms with E-state index in [1.165, 1.54) is 44.1 Å². The van der Waals surface area contributed by atoms with E-state index in [0.29, 0.717) is 24.4 Å². The number of carbonyl (C=O) groups is 2. The number of hydrogen-bond acceptors (Lipinski definition) is 10. The lowest BCUT2D eigenvalue weighted by Crippen LogP contribution is -2.48. The topological polar surface area (TPSA) is 158 Å². The fraction of sp³-hybridized carbons (Fsp3) is 0.320. The zero-order valence-corrected chi connectivity index (χ0v) is 22.3. The van der Waals surface area contributed by atoms with E-state index in [4.69, 9.17) is 4.74 Å². The average molecular weight is 556 g/mol. The van der Waals surface area contributed by atoms with E-state index in [1.54, 1.807) is 29.2 Å². The van der Waals surface area contributed by atoms with E-state index in [1.807, 2.05) is 7.05 Å². The van der Waals surface area contributed by atoms with Crippen LogP contribution in [-0.2, 0) is 21.2 Å². The third kappa shape index (κ3) is 6.78. The summed E-state index contributed by atoms with van der Waals surface area (Å²) in [6.45, 7) is 2.72. The first kappa shape index (κ1) is 27.7. The lowest BCUT2D eigenvalue weighted by atomic mass is 10.1. The van der Waals surface area contributed by atoms with Crippen LogP contribution in [0, 0.1) is 0 Å². The number of nitrogens with one attached hydrogen (secondary N) is 1. The van der Waals surface area contributed by atoms with Crippen LogP contribution in [0.2, 0.25) is 0 Å². The number of carboxylic acid groups (broad SMARTS) is 1. The van der Waals surface area contributed by atoms with Gasteiger partial charge in [-0.3, -0.25) is 9.29 Å². The SMILES string of the molecule is CN1CCN(C(=O)Oc2ccc(C[C@H](Nc3ncncc3N(C)S(=O)(=O)c3cccnc3)C(=O)O)cc2)CC1. The molecule has 3 aromatic rings. The summed E-state index contributed by atoms with van der Waals surface area (Å²) < 4.78 is 32.6. The number of aromatic nitrogens is 3. The molecule has 39 heavy (non-hydrogen) atoms. The monoisotopic (exact) mass is 555 g/mol. The summed E-state index contributed by atoms with van der Waals surface area (Å²) in [6.07, 6.45) is 4.77. The largest absolute Gasteiger partial charge is 0.480 e. The van der Waals surface area contributed by atoms with Gasteiger partial charge in [0, 0.05) is 52.0 Å². The number of likely N-dealkylation sites (N-methyl/N-ethyl adjacent to an activating group) is 1. The highest BCUT2D eigenvalue weighted by Gasteiger charge is 2.27. The molecular formula is C25H29N7O6S. The molecule has 14 heteroatoms. The van der Waals surface area contributed by atoms with E-state index in [9.17, 15) is 23.1 Å². The Hall–Kier alpha value is -4.30. The van der Waals surface area contributed by atoms with Gasteiger partial charge >= 0.3 is 12.1 Å². The average Bonchev–Trinajstić information content (AvgIpc) is 2.94. The molecule has 1 aromatic carbocycles. The molecule has 0 spiro atoms. The van der Waals surface area contributed by atoms with Crippen LogP contribution in [0.3, 0.4) is 0 Å². The smallest absolute Gasteiger partial charge is 0.415 e. The Morgan fingerprint density at radius 2 is 1.82 bits per heavy atom. The molecule has 206 valence electrons. The Morgan fingerprint density at radius 1 is 1.10 bits per heavy atom. The van der Waals surface area contributed by atoms with Gasteiger partial charge in [-0.1, -0.05) is 12.1 Å². The van der Waals surface area contributed by atoms with Crippen molar-refractivity contribution in [3.63, 3.8) is 0 Å². The van der Waals surface area contributed by atoms with Crippen molar-refractivity contribution < 1.29 is 27.9 Å². The number of nitrogens with zero attached hydrogens (tertiary/aromatic N) is 6. The van der Waals surface area contributed by atoms with Gasteiger partial charge in [0.05, 0.1) is 6.20 Å². The van der Waals surface area contributed by atoms with Crippen LogP contribution in [0.25, 0.3) is 0 Å². The normalized spacial score (nSPS) is 14.9. The van der Waals surface area contributed by atoms with E-state index in [-0.39, 0.29) is 22.8 Å². The lowest BCUT2D eigenvalue weighted by Gasteiger charge is -2.31. The number of sulfonamides is 1. The van der Waals surface area contributed by atoms with Crippen LogP contribution >= 0.6 is 0 Å². The highest BCUT2D eigenvalue weighted by molar-refractivity contribution is 7.92. The van der Waals surface area contributed by atoms with Crippen molar-refractivity contribution in [1.29, 1.82) is 0 Å².